The molecule has 0 unspecified atom stereocenters. The van der Waals surface area contributed by atoms with Crippen molar-refractivity contribution in [3.8, 4) is 9.88 Å². The van der Waals surface area contributed by atoms with E-state index in [2.05, 4.69) is 25.6 Å². The number of aryl methyl sites for hydroxylation is 1. The fraction of sp³-hybridized carbons (Fsp3) is 0.200. The van der Waals surface area contributed by atoms with E-state index >= 15 is 0 Å². The summed E-state index contributed by atoms with van der Waals surface area (Å²) in [6, 6.07) is 5.74. The average molecular weight is 345 g/mol. The van der Waals surface area contributed by atoms with E-state index in [1.54, 1.807) is 29.8 Å². The number of rotatable bonds is 6. The quantitative estimate of drug-likeness (QED) is 0.672. The lowest BCUT2D eigenvalue weighted by molar-refractivity contribution is 0.0958. The number of carbonyl (C=O) groups is 1. The number of thiophene rings is 1. The van der Waals surface area contributed by atoms with E-state index < -0.39 is 0 Å². The molecule has 0 aliphatic carbocycles. The first kappa shape index (κ1) is 15.6. The molecule has 3 aromatic heterocycles. The molecule has 0 aliphatic heterocycles. The second kappa shape index (κ2) is 7.30. The summed E-state index contributed by atoms with van der Waals surface area (Å²) in [5.74, 6) is 0.453. The Balaban J connectivity index is 1.54. The van der Waals surface area contributed by atoms with Gasteiger partial charge in [-0.2, -0.15) is 0 Å². The number of nitrogens with one attached hydrogen (secondary N) is 2. The molecule has 0 aliphatic rings. The molecular formula is C15H15N5OS2. The molecule has 0 spiro atoms. The first-order valence-electron chi connectivity index (χ1n) is 7.04. The zero-order valence-corrected chi connectivity index (χ0v) is 14.1. The number of anilines is 1. The molecule has 118 valence electrons. The standard InChI is InChI=1S/C15H15N5OS2/c1-10-12(23-14(20-10)11-4-2-9-22-11)13(21)16-7-8-19-15-17-5-3-6-18-15/h2-6,9H,7-8H2,1H3,(H,16,21)(H,17,18,19). The summed E-state index contributed by atoms with van der Waals surface area (Å²) in [6.45, 7) is 2.91. The van der Waals surface area contributed by atoms with Crippen molar-refractivity contribution in [3.05, 3.63) is 46.5 Å². The second-order valence-corrected chi connectivity index (χ2v) is 6.61. The molecule has 0 fully saturated rings. The van der Waals surface area contributed by atoms with Crippen molar-refractivity contribution in [1.82, 2.24) is 20.3 Å². The van der Waals surface area contributed by atoms with Crippen LogP contribution >= 0.6 is 22.7 Å². The van der Waals surface area contributed by atoms with Crippen molar-refractivity contribution in [3.63, 3.8) is 0 Å². The summed E-state index contributed by atoms with van der Waals surface area (Å²) in [4.78, 5) is 26.6. The highest BCUT2D eigenvalue weighted by Crippen LogP contribution is 2.30. The molecule has 8 heteroatoms. The SMILES string of the molecule is Cc1nc(-c2cccs2)sc1C(=O)NCCNc1ncccn1. The predicted molar refractivity (Wildman–Crippen MR) is 93.0 cm³/mol. The van der Waals surface area contributed by atoms with Crippen molar-refractivity contribution in [2.45, 2.75) is 6.92 Å². The molecule has 0 radical (unpaired) electrons. The van der Waals surface area contributed by atoms with E-state index in [0.29, 0.717) is 23.9 Å². The van der Waals surface area contributed by atoms with Crippen molar-refractivity contribution >= 4 is 34.5 Å². The van der Waals surface area contributed by atoms with Gasteiger partial charge >= 0.3 is 0 Å². The van der Waals surface area contributed by atoms with Crippen LogP contribution in [0.3, 0.4) is 0 Å². The van der Waals surface area contributed by atoms with Gasteiger partial charge in [-0.15, -0.1) is 22.7 Å². The van der Waals surface area contributed by atoms with E-state index in [4.69, 9.17) is 0 Å². The Labute approximate surface area is 141 Å². The zero-order chi connectivity index (χ0) is 16.1. The highest BCUT2D eigenvalue weighted by Gasteiger charge is 2.16. The van der Waals surface area contributed by atoms with Gasteiger partial charge in [-0.1, -0.05) is 6.07 Å². The molecule has 3 rings (SSSR count). The Kier molecular flexibility index (Phi) is 4.94. The van der Waals surface area contributed by atoms with Gasteiger partial charge in [0, 0.05) is 25.5 Å². The third-order valence-corrected chi connectivity index (χ3v) is 5.19. The fourth-order valence-electron chi connectivity index (χ4n) is 1.93. The minimum Gasteiger partial charge on any atom is -0.352 e. The highest BCUT2D eigenvalue weighted by atomic mass is 32.1. The predicted octanol–water partition coefficient (Wildman–Crippen LogP) is 2.81. The van der Waals surface area contributed by atoms with Gasteiger partial charge in [0.25, 0.3) is 5.91 Å². The Morgan fingerprint density at radius 1 is 1.22 bits per heavy atom. The van der Waals surface area contributed by atoms with Gasteiger partial charge in [0.15, 0.2) is 0 Å². The summed E-state index contributed by atoms with van der Waals surface area (Å²) in [5.41, 5.74) is 0.759. The lowest BCUT2D eigenvalue weighted by Crippen LogP contribution is -2.28. The molecule has 23 heavy (non-hydrogen) atoms. The van der Waals surface area contributed by atoms with Gasteiger partial charge in [0.1, 0.15) is 9.88 Å². The molecule has 3 aromatic rings. The average Bonchev–Trinajstić information content (AvgIpc) is 3.21. The number of nitrogens with zero attached hydrogens (tertiary/aromatic N) is 3. The number of hydrogen-bond donors (Lipinski definition) is 2. The van der Waals surface area contributed by atoms with E-state index in [1.165, 1.54) is 11.3 Å². The smallest absolute Gasteiger partial charge is 0.263 e. The molecule has 6 nitrogen and oxygen atoms in total. The van der Waals surface area contributed by atoms with Gasteiger partial charge in [-0.3, -0.25) is 4.79 Å². The van der Waals surface area contributed by atoms with Gasteiger partial charge in [0.05, 0.1) is 10.6 Å². The molecule has 0 aromatic carbocycles. The van der Waals surface area contributed by atoms with Crippen LogP contribution < -0.4 is 10.6 Å². The number of aromatic nitrogens is 3. The molecule has 0 atom stereocenters. The molecule has 0 saturated carbocycles. The van der Waals surface area contributed by atoms with Crippen LogP contribution in [0, 0.1) is 6.92 Å². The molecule has 0 bridgehead atoms. The van der Waals surface area contributed by atoms with Gasteiger partial charge < -0.3 is 10.6 Å². The number of carbonyl (C=O) groups excluding carboxylic acids is 1. The Morgan fingerprint density at radius 2 is 2.04 bits per heavy atom. The van der Waals surface area contributed by atoms with Crippen molar-refractivity contribution < 1.29 is 4.79 Å². The Morgan fingerprint density at radius 3 is 2.78 bits per heavy atom. The molecule has 1 amide bonds. The number of thiazole rings is 1. The Bertz CT molecular complexity index is 771. The van der Waals surface area contributed by atoms with Crippen LogP contribution in [0.5, 0.6) is 0 Å². The van der Waals surface area contributed by atoms with Crippen LogP contribution in [0.2, 0.25) is 0 Å². The summed E-state index contributed by atoms with van der Waals surface area (Å²) in [6.07, 6.45) is 3.33. The maximum atomic E-state index is 12.3. The number of hydrogen-bond acceptors (Lipinski definition) is 7. The highest BCUT2D eigenvalue weighted by molar-refractivity contribution is 7.22. The zero-order valence-electron chi connectivity index (χ0n) is 12.4. The third kappa shape index (κ3) is 3.91. The van der Waals surface area contributed by atoms with Gasteiger partial charge in [-0.05, 0) is 24.4 Å². The lowest BCUT2D eigenvalue weighted by Gasteiger charge is -2.05. The minimum atomic E-state index is -0.0985. The maximum absolute atomic E-state index is 12.3. The monoisotopic (exact) mass is 345 g/mol. The summed E-state index contributed by atoms with van der Waals surface area (Å²) in [5, 5.41) is 8.82. The maximum Gasteiger partial charge on any atom is 0.263 e. The topological polar surface area (TPSA) is 79.8 Å². The summed E-state index contributed by atoms with van der Waals surface area (Å²) < 4.78 is 0. The van der Waals surface area contributed by atoms with E-state index in [9.17, 15) is 4.79 Å². The van der Waals surface area contributed by atoms with Crippen LogP contribution in [-0.4, -0.2) is 33.9 Å². The summed E-state index contributed by atoms with van der Waals surface area (Å²) in [7, 11) is 0. The van der Waals surface area contributed by atoms with E-state index in [1.807, 2.05) is 24.4 Å². The van der Waals surface area contributed by atoms with Crippen LogP contribution in [0.4, 0.5) is 5.95 Å². The van der Waals surface area contributed by atoms with Crippen LogP contribution in [-0.2, 0) is 0 Å². The van der Waals surface area contributed by atoms with Crippen molar-refractivity contribution in [2.75, 3.05) is 18.4 Å². The molecule has 3 heterocycles. The molecular weight excluding hydrogens is 330 g/mol. The fourth-order valence-corrected chi connectivity index (χ4v) is 3.71. The van der Waals surface area contributed by atoms with E-state index in [0.717, 1.165) is 15.6 Å². The van der Waals surface area contributed by atoms with Crippen LogP contribution in [0.15, 0.2) is 36.0 Å². The normalized spacial score (nSPS) is 10.5. The Hall–Kier alpha value is -2.32. The van der Waals surface area contributed by atoms with Crippen LogP contribution in [0.25, 0.3) is 9.88 Å². The molecule has 2 N–H and O–H groups in total. The van der Waals surface area contributed by atoms with Crippen LogP contribution in [0.1, 0.15) is 15.4 Å². The second-order valence-electron chi connectivity index (χ2n) is 4.67. The molecule has 0 saturated heterocycles. The minimum absolute atomic E-state index is 0.0985. The van der Waals surface area contributed by atoms with Gasteiger partial charge in [0.2, 0.25) is 5.95 Å². The van der Waals surface area contributed by atoms with E-state index in [-0.39, 0.29) is 5.91 Å². The van der Waals surface area contributed by atoms with Crippen molar-refractivity contribution in [2.24, 2.45) is 0 Å². The number of amides is 1. The van der Waals surface area contributed by atoms with Gasteiger partial charge in [-0.25, -0.2) is 15.0 Å². The third-order valence-electron chi connectivity index (χ3n) is 2.99. The van der Waals surface area contributed by atoms with Crippen molar-refractivity contribution in [1.29, 1.82) is 0 Å². The lowest BCUT2D eigenvalue weighted by atomic mass is 10.3. The first-order chi connectivity index (χ1) is 11.2. The largest absolute Gasteiger partial charge is 0.352 e. The first-order valence-corrected chi connectivity index (χ1v) is 8.74. The summed E-state index contributed by atoms with van der Waals surface area (Å²) >= 11 is 3.04.